The van der Waals surface area contributed by atoms with Crippen molar-refractivity contribution >= 4 is 16.8 Å². The highest BCUT2D eigenvalue weighted by molar-refractivity contribution is 6.10. The molecule has 5 aromatic rings. The average molecular weight is 659 g/mol. The summed E-state index contributed by atoms with van der Waals surface area (Å²) in [6.45, 7) is 4.52. The Labute approximate surface area is 287 Å². The Bertz CT molecular complexity index is 2030. The molecule has 0 amide bonds. The predicted octanol–water partition coefficient (Wildman–Crippen LogP) is 9.33. The Morgan fingerprint density at radius 3 is 1.55 bits per heavy atom. The molecule has 0 radical (unpaired) electrons. The lowest BCUT2D eigenvalue weighted by Crippen LogP contribution is -2.35. The zero-order chi connectivity index (χ0) is 34.5. The average Bonchev–Trinajstić information content (AvgIpc) is 3.46. The maximum absolute atomic E-state index is 7.51. The Morgan fingerprint density at radius 2 is 1.06 bits per heavy atom. The van der Waals surface area contributed by atoms with Gasteiger partial charge >= 0.3 is 0 Å². The van der Waals surface area contributed by atoms with Gasteiger partial charge in [0.25, 0.3) is 0 Å². The highest BCUT2D eigenvalue weighted by Gasteiger charge is 2.47. The zero-order valence-corrected chi connectivity index (χ0v) is 29.4. The van der Waals surface area contributed by atoms with Gasteiger partial charge in [-0.15, -0.1) is 0 Å². The van der Waals surface area contributed by atoms with Crippen molar-refractivity contribution in [1.29, 1.82) is 0 Å². The van der Waals surface area contributed by atoms with Crippen LogP contribution >= 0.6 is 0 Å². The predicted molar refractivity (Wildman–Crippen MR) is 193 cm³/mol. The first-order valence-electron chi connectivity index (χ1n) is 16.6. The molecule has 7 nitrogen and oxygen atoms in total. The molecule has 7 rings (SSSR count). The van der Waals surface area contributed by atoms with Crippen LogP contribution in [0.1, 0.15) is 54.5 Å². The second-order valence-electron chi connectivity index (χ2n) is 12.4. The van der Waals surface area contributed by atoms with E-state index >= 15 is 0 Å². The van der Waals surface area contributed by atoms with Crippen molar-refractivity contribution in [2.45, 2.75) is 37.7 Å². The fourth-order valence-corrected chi connectivity index (χ4v) is 8.00. The van der Waals surface area contributed by atoms with Crippen LogP contribution < -0.4 is 33.2 Å². The first-order valence-corrected chi connectivity index (χ1v) is 16.6. The summed E-state index contributed by atoms with van der Waals surface area (Å²) in [6.07, 6.45) is 6.19. The summed E-state index contributed by atoms with van der Waals surface area (Å²) >= 11 is 0. The minimum absolute atomic E-state index is 0.316. The van der Waals surface area contributed by atoms with Gasteiger partial charge in [0.05, 0.1) is 42.7 Å². The van der Waals surface area contributed by atoms with E-state index in [2.05, 4.69) is 68.5 Å². The summed E-state index contributed by atoms with van der Waals surface area (Å²) in [4.78, 5) is 0. The molecular formula is C42H42O7. The number of benzene rings is 5. The third-order valence-corrected chi connectivity index (χ3v) is 10.6. The molecule has 0 spiro atoms. The molecule has 0 bridgehead atoms. The molecule has 252 valence electrons. The van der Waals surface area contributed by atoms with Gasteiger partial charge in [-0.05, 0) is 95.1 Å². The molecule has 0 saturated heterocycles. The molecule has 49 heavy (non-hydrogen) atoms. The molecule has 0 saturated carbocycles. The Balaban J connectivity index is 1.61. The van der Waals surface area contributed by atoms with Crippen molar-refractivity contribution in [1.82, 2.24) is 0 Å². The highest BCUT2D eigenvalue weighted by atomic mass is 16.5. The lowest BCUT2D eigenvalue weighted by molar-refractivity contribution is 0.163. The van der Waals surface area contributed by atoms with Crippen molar-refractivity contribution in [2.75, 3.05) is 42.7 Å². The lowest BCUT2D eigenvalue weighted by atomic mass is 9.71. The van der Waals surface area contributed by atoms with Crippen molar-refractivity contribution in [3.8, 4) is 51.4 Å². The number of hydrogen-bond donors (Lipinski definition) is 0. The number of ether oxygens (including phenoxy) is 7. The van der Waals surface area contributed by atoms with Crippen molar-refractivity contribution in [3.05, 3.63) is 107 Å². The Kier molecular flexibility index (Phi) is 8.10. The monoisotopic (exact) mass is 658 g/mol. The van der Waals surface area contributed by atoms with Crippen molar-refractivity contribution in [2.24, 2.45) is 0 Å². The SMILES string of the molecule is CCC1(CC)c2cc(OC)c(OC)cc2-c2c1c1c(c3cc(OC)c(OC)cc23)OC(c2ccc(OC)cc2)(c2ccc(OC)cc2)C=C1. The first-order chi connectivity index (χ1) is 23.9. The summed E-state index contributed by atoms with van der Waals surface area (Å²) < 4.78 is 42.0. The number of methoxy groups -OCH3 is 6. The smallest absolute Gasteiger partial charge is 0.178 e. The van der Waals surface area contributed by atoms with E-state index in [-0.39, 0.29) is 5.41 Å². The fourth-order valence-electron chi connectivity index (χ4n) is 8.00. The van der Waals surface area contributed by atoms with Gasteiger partial charge in [-0.25, -0.2) is 0 Å². The van der Waals surface area contributed by atoms with Crippen LogP contribution in [0.3, 0.4) is 0 Å². The molecule has 1 aliphatic carbocycles. The van der Waals surface area contributed by atoms with Crippen LogP contribution in [-0.2, 0) is 11.0 Å². The van der Waals surface area contributed by atoms with Crippen molar-refractivity contribution < 1.29 is 33.2 Å². The molecule has 0 atom stereocenters. The van der Waals surface area contributed by atoms with Gasteiger partial charge in [-0.1, -0.05) is 44.2 Å². The fraction of sp³-hybridized carbons (Fsp3) is 0.286. The van der Waals surface area contributed by atoms with Crippen molar-refractivity contribution in [3.63, 3.8) is 0 Å². The summed E-state index contributed by atoms with van der Waals surface area (Å²) in [5.74, 6) is 4.99. The Hall–Kier alpha value is -5.30. The second kappa shape index (κ2) is 12.3. The van der Waals surface area contributed by atoms with Crippen LogP contribution in [0.2, 0.25) is 0 Å². The molecule has 2 aliphatic rings. The van der Waals surface area contributed by atoms with Gasteiger partial charge in [-0.3, -0.25) is 0 Å². The van der Waals surface area contributed by atoms with E-state index < -0.39 is 5.60 Å². The summed E-state index contributed by atoms with van der Waals surface area (Å²) in [6, 6.07) is 24.5. The molecular weight excluding hydrogens is 616 g/mol. The van der Waals surface area contributed by atoms with Gasteiger partial charge in [0.15, 0.2) is 28.6 Å². The normalized spacial score (nSPS) is 14.7. The summed E-state index contributed by atoms with van der Waals surface area (Å²) in [5, 5.41) is 1.93. The van der Waals surface area contributed by atoms with Crippen LogP contribution in [0.25, 0.3) is 28.0 Å². The molecule has 0 unspecified atom stereocenters. The third-order valence-electron chi connectivity index (χ3n) is 10.6. The molecule has 1 heterocycles. The topological polar surface area (TPSA) is 64.6 Å². The first kappa shape index (κ1) is 32.3. The maximum atomic E-state index is 7.51. The van der Waals surface area contributed by atoms with E-state index in [9.17, 15) is 0 Å². The van der Waals surface area contributed by atoms with Crippen LogP contribution in [0.15, 0.2) is 78.9 Å². The molecule has 0 fully saturated rings. The third kappa shape index (κ3) is 4.62. The largest absolute Gasteiger partial charge is 0.497 e. The summed E-state index contributed by atoms with van der Waals surface area (Å²) in [5.41, 5.74) is 6.40. The molecule has 5 aromatic carbocycles. The quantitative estimate of drug-likeness (QED) is 0.148. The van der Waals surface area contributed by atoms with Gasteiger partial charge in [0, 0.05) is 27.5 Å². The van der Waals surface area contributed by atoms with E-state index in [0.717, 1.165) is 68.7 Å². The number of hydrogen-bond acceptors (Lipinski definition) is 7. The molecule has 7 heteroatoms. The zero-order valence-electron chi connectivity index (χ0n) is 29.4. The van der Waals surface area contributed by atoms with Crippen LogP contribution in [-0.4, -0.2) is 42.7 Å². The van der Waals surface area contributed by atoms with Gasteiger partial charge < -0.3 is 33.2 Å². The minimum Gasteiger partial charge on any atom is -0.497 e. The van der Waals surface area contributed by atoms with Gasteiger partial charge in [0.2, 0.25) is 0 Å². The van der Waals surface area contributed by atoms with E-state index in [4.69, 9.17) is 33.2 Å². The number of fused-ring (bicyclic) bond motifs is 8. The molecule has 1 aliphatic heterocycles. The van der Waals surface area contributed by atoms with Gasteiger partial charge in [0.1, 0.15) is 17.2 Å². The highest BCUT2D eigenvalue weighted by Crippen LogP contribution is 2.62. The van der Waals surface area contributed by atoms with Crippen LogP contribution in [0.4, 0.5) is 0 Å². The number of rotatable bonds is 10. The summed E-state index contributed by atoms with van der Waals surface area (Å²) in [7, 11) is 10.0. The van der Waals surface area contributed by atoms with Gasteiger partial charge in [-0.2, -0.15) is 0 Å². The lowest BCUT2D eigenvalue weighted by Gasteiger charge is -2.39. The second-order valence-corrected chi connectivity index (χ2v) is 12.4. The van der Waals surface area contributed by atoms with Crippen LogP contribution in [0, 0.1) is 0 Å². The Morgan fingerprint density at radius 1 is 0.571 bits per heavy atom. The van der Waals surface area contributed by atoms with E-state index in [1.165, 1.54) is 11.1 Å². The standard InChI is InChI=1S/C42H42O7/c1-9-41(10-2)33-24-37(48-8)36(47-7)23-32(33)38-30-21-34(45-5)35(46-6)22-31(30)40-29(39(38)41)19-20-42(49-40,25-11-15-27(43-3)16-12-25)26-13-17-28(44-4)18-14-26/h11-24H,9-10H2,1-8H3. The molecule has 0 N–H and O–H groups in total. The minimum atomic E-state index is -0.959. The van der Waals surface area contributed by atoms with E-state index in [1.807, 2.05) is 30.3 Å². The maximum Gasteiger partial charge on any atom is 0.178 e. The van der Waals surface area contributed by atoms with E-state index in [0.29, 0.717) is 23.0 Å². The molecule has 0 aromatic heterocycles. The van der Waals surface area contributed by atoms with E-state index in [1.54, 1.807) is 42.7 Å². The van der Waals surface area contributed by atoms with Crippen LogP contribution in [0.5, 0.6) is 40.2 Å².